The Morgan fingerprint density at radius 1 is 1.50 bits per heavy atom. The van der Waals surface area contributed by atoms with E-state index < -0.39 is 0 Å². The van der Waals surface area contributed by atoms with Crippen LogP contribution in [-0.2, 0) is 0 Å². The molecule has 5 heteroatoms. The molecule has 0 spiro atoms. The number of anilines is 1. The van der Waals surface area contributed by atoms with Crippen LogP contribution in [0, 0.1) is 0 Å². The van der Waals surface area contributed by atoms with E-state index in [1.807, 2.05) is 0 Å². The molecule has 0 fully saturated rings. The number of hydrogen-bond donors (Lipinski definition) is 3. The molecule has 0 atom stereocenters. The van der Waals surface area contributed by atoms with E-state index in [1.165, 1.54) is 6.20 Å². The lowest BCUT2D eigenvalue weighted by Gasteiger charge is -2.03. The normalized spacial score (nSPS) is 10.1. The molecule has 3 N–H and O–H groups in total. The van der Waals surface area contributed by atoms with Crippen molar-refractivity contribution in [2.45, 2.75) is 13.3 Å². The summed E-state index contributed by atoms with van der Waals surface area (Å²) in [6.07, 6.45) is 4.06. The zero-order valence-electron chi connectivity index (χ0n) is 8.34. The molecule has 0 saturated heterocycles. The summed E-state index contributed by atoms with van der Waals surface area (Å²) in [6, 6.07) is 0. The van der Waals surface area contributed by atoms with E-state index >= 15 is 0 Å². The molecule has 0 aliphatic heterocycles. The van der Waals surface area contributed by atoms with Gasteiger partial charge >= 0.3 is 0 Å². The number of hydrogen-bond acceptors (Lipinski definition) is 4. The van der Waals surface area contributed by atoms with E-state index in [0.717, 1.165) is 26.1 Å². The topological polar surface area (TPSA) is 69.8 Å². The van der Waals surface area contributed by atoms with Crippen molar-refractivity contribution >= 4 is 5.82 Å². The molecule has 1 rings (SSSR count). The summed E-state index contributed by atoms with van der Waals surface area (Å²) in [4.78, 5) is 17.6. The van der Waals surface area contributed by atoms with Crippen molar-refractivity contribution in [2.75, 3.05) is 25.0 Å². The number of H-pyrrole nitrogens is 1. The molecular formula is C9H16N4O. The molecule has 0 radical (unpaired) electrons. The predicted molar refractivity (Wildman–Crippen MR) is 56.5 cm³/mol. The molecule has 1 aromatic heterocycles. The van der Waals surface area contributed by atoms with Crippen LogP contribution in [0.4, 0.5) is 5.82 Å². The van der Waals surface area contributed by atoms with Gasteiger partial charge < -0.3 is 15.6 Å². The number of nitrogens with zero attached hydrogens (tertiary/aromatic N) is 1. The standard InChI is InChI=1S/C9H16N4O/c1-2-10-4-3-5-11-8-9(14)13-7-6-12-8/h6-7,10H,2-5H2,1H3,(H,11,12)(H,13,14). The van der Waals surface area contributed by atoms with Crippen molar-refractivity contribution in [3.63, 3.8) is 0 Å². The quantitative estimate of drug-likeness (QED) is 0.568. The van der Waals surface area contributed by atoms with Gasteiger partial charge in [0.15, 0.2) is 5.82 Å². The summed E-state index contributed by atoms with van der Waals surface area (Å²) in [5.41, 5.74) is -0.170. The zero-order chi connectivity index (χ0) is 10.2. The van der Waals surface area contributed by atoms with Crippen molar-refractivity contribution in [1.29, 1.82) is 0 Å². The van der Waals surface area contributed by atoms with E-state index in [9.17, 15) is 4.79 Å². The second-order valence-corrected chi connectivity index (χ2v) is 2.90. The highest BCUT2D eigenvalue weighted by Gasteiger charge is 1.96. The van der Waals surface area contributed by atoms with E-state index in [1.54, 1.807) is 6.20 Å². The zero-order valence-corrected chi connectivity index (χ0v) is 8.34. The van der Waals surface area contributed by atoms with Gasteiger partial charge in [0.25, 0.3) is 5.56 Å². The Kier molecular flexibility index (Phi) is 4.71. The van der Waals surface area contributed by atoms with Crippen LogP contribution in [0.2, 0.25) is 0 Å². The van der Waals surface area contributed by atoms with E-state index in [2.05, 4.69) is 27.5 Å². The molecule has 0 unspecified atom stereocenters. The molecule has 0 bridgehead atoms. The largest absolute Gasteiger partial charge is 0.365 e. The SMILES string of the molecule is CCNCCCNc1ncc[nH]c1=O. The summed E-state index contributed by atoms with van der Waals surface area (Å²) in [5.74, 6) is 0.393. The maximum Gasteiger partial charge on any atom is 0.290 e. The van der Waals surface area contributed by atoms with E-state index in [-0.39, 0.29) is 5.56 Å². The molecule has 78 valence electrons. The highest BCUT2D eigenvalue weighted by molar-refractivity contribution is 5.29. The molecule has 1 heterocycles. The van der Waals surface area contributed by atoms with Crippen LogP contribution in [0.15, 0.2) is 17.2 Å². The fourth-order valence-corrected chi connectivity index (χ4v) is 1.07. The molecule has 0 aliphatic rings. The second-order valence-electron chi connectivity index (χ2n) is 2.90. The number of rotatable bonds is 6. The first-order chi connectivity index (χ1) is 6.84. The minimum Gasteiger partial charge on any atom is -0.365 e. The molecule has 0 aromatic carbocycles. The van der Waals surface area contributed by atoms with Crippen LogP contribution in [0.1, 0.15) is 13.3 Å². The van der Waals surface area contributed by atoms with Crippen LogP contribution in [0.3, 0.4) is 0 Å². The average molecular weight is 196 g/mol. The van der Waals surface area contributed by atoms with Gasteiger partial charge in [0.2, 0.25) is 0 Å². The second kappa shape index (κ2) is 6.15. The van der Waals surface area contributed by atoms with Crippen molar-refractivity contribution in [3.8, 4) is 0 Å². The molecular weight excluding hydrogens is 180 g/mol. The van der Waals surface area contributed by atoms with Gasteiger partial charge in [0, 0.05) is 18.9 Å². The molecule has 14 heavy (non-hydrogen) atoms. The van der Waals surface area contributed by atoms with Gasteiger partial charge in [-0.05, 0) is 19.5 Å². The predicted octanol–water partition coefficient (Wildman–Crippen LogP) is 0.181. The average Bonchev–Trinajstić information content (AvgIpc) is 2.20. The molecule has 0 aliphatic carbocycles. The fraction of sp³-hybridized carbons (Fsp3) is 0.556. The molecule has 0 amide bonds. The van der Waals surface area contributed by atoms with Crippen LogP contribution >= 0.6 is 0 Å². The number of aromatic nitrogens is 2. The van der Waals surface area contributed by atoms with Gasteiger partial charge in [-0.25, -0.2) is 4.98 Å². The number of aromatic amines is 1. The maximum absolute atomic E-state index is 11.1. The lowest BCUT2D eigenvalue weighted by Crippen LogP contribution is -2.20. The first-order valence-corrected chi connectivity index (χ1v) is 4.83. The van der Waals surface area contributed by atoms with Crippen molar-refractivity contribution < 1.29 is 0 Å². The van der Waals surface area contributed by atoms with Crippen LogP contribution in [0.5, 0.6) is 0 Å². The van der Waals surface area contributed by atoms with E-state index in [0.29, 0.717) is 5.82 Å². The molecule has 0 saturated carbocycles. The minimum absolute atomic E-state index is 0.170. The fourth-order valence-electron chi connectivity index (χ4n) is 1.07. The van der Waals surface area contributed by atoms with Gasteiger partial charge in [-0.1, -0.05) is 6.92 Å². The summed E-state index contributed by atoms with van der Waals surface area (Å²) < 4.78 is 0. The van der Waals surface area contributed by atoms with Gasteiger partial charge in [0.1, 0.15) is 0 Å². The third-order valence-corrected chi connectivity index (χ3v) is 1.78. The first kappa shape index (κ1) is 10.7. The highest BCUT2D eigenvalue weighted by Crippen LogP contribution is 1.89. The third kappa shape index (κ3) is 3.57. The smallest absolute Gasteiger partial charge is 0.290 e. The third-order valence-electron chi connectivity index (χ3n) is 1.78. The number of nitrogens with one attached hydrogen (secondary N) is 3. The Hall–Kier alpha value is -1.36. The molecule has 1 aromatic rings. The highest BCUT2D eigenvalue weighted by atomic mass is 16.1. The van der Waals surface area contributed by atoms with Crippen LogP contribution < -0.4 is 16.2 Å². The Morgan fingerprint density at radius 3 is 3.07 bits per heavy atom. The lowest BCUT2D eigenvalue weighted by molar-refractivity contribution is 0.687. The van der Waals surface area contributed by atoms with Crippen molar-refractivity contribution in [2.24, 2.45) is 0 Å². The van der Waals surface area contributed by atoms with Gasteiger partial charge in [-0.2, -0.15) is 0 Å². The lowest BCUT2D eigenvalue weighted by atomic mass is 10.4. The Labute approximate surface area is 83.0 Å². The summed E-state index contributed by atoms with van der Waals surface area (Å²) >= 11 is 0. The van der Waals surface area contributed by atoms with Crippen molar-refractivity contribution in [3.05, 3.63) is 22.7 Å². The minimum atomic E-state index is -0.170. The van der Waals surface area contributed by atoms with Gasteiger partial charge in [-0.3, -0.25) is 4.79 Å². The van der Waals surface area contributed by atoms with E-state index in [4.69, 9.17) is 0 Å². The summed E-state index contributed by atoms with van der Waals surface area (Å²) in [7, 11) is 0. The maximum atomic E-state index is 11.1. The van der Waals surface area contributed by atoms with Gasteiger partial charge in [-0.15, -0.1) is 0 Å². The van der Waals surface area contributed by atoms with Crippen LogP contribution in [-0.4, -0.2) is 29.6 Å². The first-order valence-electron chi connectivity index (χ1n) is 4.83. The Bertz CT molecular complexity index is 310. The Balaban J connectivity index is 2.25. The summed E-state index contributed by atoms with van der Waals surface area (Å²) in [5, 5.41) is 6.18. The Morgan fingerprint density at radius 2 is 2.36 bits per heavy atom. The van der Waals surface area contributed by atoms with Gasteiger partial charge in [0.05, 0.1) is 0 Å². The molecule has 5 nitrogen and oxygen atoms in total. The monoisotopic (exact) mass is 196 g/mol. The van der Waals surface area contributed by atoms with Crippen molar-refractivity contribution in [1.82, 2.24) is 15.3 Å². The summed E-state index contributed by atoms with van der Waals surface area (Å²) in [6.45, 7) is 4.75. The van der Waals surface area contributed by atoms with Crippen LogP contribution in [0.25, 0.3) is 0 Å².